The largest absolute Gasteiger partial charge is 0.341 e. The Labute approximate surface area is 156 Å². The van der Waals surface area contributed by atoms with Gasteiger partial charge < -0.3 is 9.47 Å². The number of piperidine rings is 1. The van der Waals surface area contributed by atoms with Gasteiger partial charge in [-0.3, -0.25) is 4.79 Å². The van der Waals surface area contributed by atoms with E-state index in [9.17, 15) is 4.79 Å². The first-order valence-corrected chi connectivity index (χ1v) is 11.1. The summed E-state index contributed by atoms with van der Waals surface area (Å²) in [4.78, 5) is 23.6. The normalized spacial score (nSPS) is 20.8. The Morgan fingerprint density at radius 1 is 1.32 bits per heavy atom. The number of hydrogen-bond donors (Lipinski definition) is 0. The van der Waals surface area contributed by atoms with Gasteiger partial charge in [-0.15, -0.1) is 11.3 Å². The van der Waals surface area contributed by atoms with Gasteiger partial charge >= 0.3 is 0 Å². The van der Waals surface area contributed by atoms with Crippen molar-refractivity contribution in [1.82, 2.24) is 19.4 Å². The summed E-state index contributed by atoms with van der Waals surface area (Å²) in [6.45, 7) is 2.46. The second kappa shape index (κ2) is 7.91. The third-order valence-corrected chi connectivity index (χ3v) is 6.77. The van der Waals surface area contributed by atoms with Crippen LogP contribution in [0.3, 0.4) is 0 Å². The molecule has 1 aliphatic heterocycles. The molecule has 7 heteroatoms. The van der Waals surface area contributed by atoms with E-state index in [1.165, 1.54) is 12.8 Å². The SMILES string of the molecule is O=C(CSCC1CC1)N1CCCC(c2nccn2Cc2cscn2)C1. The van der Waals surface area contributed by atoms with Crippen LogP contribution in [0.1, 0.15) is 43.1 Å². The van der Waals surface area contributed by atoms with Gasteiger partial charge in [0.2, 0.25) is 5.91 Å². The minimum Gasteiger partial charge on any atom is -0.341 e. The van der Waals surface area contributed by atoms with Gasteiger partial charge in [-0.1, -0.05) is 0 Å². The first-order chi connectivity index (χ1) is 12.3. The van der Waals surface area contributed by atoms with Crippen LogP contribution >= 0.6 is 23.1 Å². The standard InChI is InChI=1S/C18H24N4OS2/c23-17(12-24-10-14-3-4-14)21-6-1-2-15(8-21)18-19-5-7-22(18)9-16-11-25-13-20-16/h5,7,11,13-15H,1-4,6,8-10,12H2. The van der Waals surface area contributed by atoms with Gasteiger partial charge in [0.15, 0.2) is 0 Å². The Kier molecular flexibility index (Phi) is 5.41. The maximum absolute atomic E-state index is 12.5. The Bertz CT molecular complexity index is 696. The fraction of sp³-hybridized carbons (Fsp3) is 0.611. The monoisotopic (exact) mass is 376 g/mol. The zero-order valence-corrected chi connectivity index (χ0v) is 16.0. The fourth-order valence-corrected chi connectivity index (χ4v) is 5.10. The molecule has 2 aromatic heterocycles. The van der Waals surface area contributed by atoms with Gasteiger partial charge in [-0.2, -0.15) is 11.8 Å². The number of carbonyl (C=O) groups is 1. The Balaban J connectivity index is 1.36. The number of likely N-dealkylation sites (tertiary alicyclic amines) is 1. The average Bonchev–Trinajstić information content (AvgIpc) is 3.11. The minimum atomic E-state index is 0.299. The van der Waals surface area contributed by atoms with Crippen LogP contribution in [0, 0.1) is 5.92 Å². The van der Waals surface area contributed by atoms with Gasteiger partial charge in [0, 0.05) is 36.8 Å². The summed E-state index contributed by atoms with van der Waals surface area (Å²) in [7, 11) is 0. The molecule has 2 fully saturated rings. The van der Waals surface area contributed by atoms with E-state index < -0.39 is 0 Å². The molecule has 1 saturated heterocycles. The lowest BCUT2D eigenvalue weighted by Crippen LogP contribution is -2.40. The molecule has 0 aromatic carbocycles. The number of hydrogen-bond acceptors (Lipinski definition) is 5. The van der Waals surface area contributed by atoms with Crippen molar-refractivity contribution in [2.75, 3.05) is 24.6 Å². The van der Waals surface area contributed by atoms with Crippen molar-refractivity contribution < 1.29 is 4.79 Å². The van der Waals surface area contributed by atoms with E-state index in [1.54, 1.807) is 11.3 Å². The van der Waals surface area contributed by atoms with E-state index in [0.717, 1.165) is 55.7 Å². The molecule has 1 aliphatic carbocycles. The zero-order valence-electron chi connectivity index (χ0n) is 14.3. The average molecular weight is 377 g/mol. The molecule has 1 unspecified atom stereocenters. The van der Waals surface area contributed by atoms with Crippen molar-refractivity contribution in [2.45, 2.75) is 38.1 Å². The van der Waals surface area contributed by atoms with Gasteiger partial charge in [0.25, 0.3) is 0 Å². The number of amides is 1. The highest BCUT2D eigenvalue weighted by Gasteiger charge is 2.28. The van der Waals surface area contributed by atoms with Gasteiger partial charge in [-0.25, -0.2) is 9.97 Å². The summed E-state index contributed by atoms with van der Waals surface area (Å²) in [5.74, 6) is 4.39. The van der Waals surface area contributed by atoms with Gasteiger partial charge in [0.05, 0.1) is 23.5 Å². The summed E-state index contributed by atoms with van der Waals surface area (Å²) in [5, 5.41) is 2.08. The molecule has 5 nitrogen and oxygen atoms in total. The Hall–Kier alpha value is -1.34. The molecule has 1 amide bonds. The third kappa shape index (κ3) is 4.44. The number of nitrogens with zero attached hydrogens (tertiary/aromatic N) is 4. The van der Waals surface area contributed by atoms with Crippen LogP contribution < -0.4 is 0 Å². The minimum absolute atomic E-state index is 0.299. The van der Waals surface area contributed by atoms with Crippen LogP contribution in [0.4, 0.5) is 0 Å². The first kappa shape index (κ1) is 17.1. The molecular formula is C18H24N4OS2. The van der Waals surface area contributed by atoms with Crippen molar-refractivity contribution in [3.63, 3.8) is 0 Å². The summed E-state index contributed by atoms with van der Waals surface area (Å²) in [5.41, 5.74) is 2.94. The number of thiazole rings is 1. The highest BCUT2D eigenvalue weighted by Crippen LogP contribution is 2.32. The first-order valence-electron chi connectivity index (χ1n) is 9.03. The number of rotatable bonds is 7. The molecule has 0 bridgehead atoms. The van der Waals surface area contributed by atoms with Crippen LogP contribution in [0.15, 0.2) is 23.3 Å². The van der Waals surface area contributed by atoms with Crippen molar-refractivity contribution in [2.24, 2.45) is 5.92 Å². The lowest BCUT2D eigenvalue weighted by molar-refractivity contribution is -0.129. The van der Waals surface area contributed by atoms with Gasteiger partial charge in [0.1, 0.15) is 5.82 Å². The fourth-order valence-electron chi connectivity index (χ4n) is 3.41. The van der Waals surface area contributed by atoms with Crippen molar-refractivity contribution >= 4 is 29.0 Å². The molecule has 1 atom stereocenters. The molecular weight excluding hydrogens is 352 g/mol. The molecule has 1 saturated carbocycles. The molecule has 0 N–H and O–H groups in total. The molecule has 3 heterocycles. The van der Waals surface area contributed by atoms with Crippen molar-refractivity contribution in [3.05, 3.63) is 34.8 Å². The van der Waals surface area contributed by atoms with Crippen LogP contribution in [0.5, 0.6) is 0 Å². The predicted octanol–water partition coefficient (Wildman–Crippen LogP) is 3.24. The molecule has 0 radical (unpaired) electrons. The van der Waals surface area contributed by atoms with Crippen LogP contribution in [-0.2, 0) is 11.3 Å². The third-order valence-electron chi connectivity index (χ3n) is 4.98. The van der Waals surface area contributed by atoms with Gasteiger partial charge in [-0.05, 0) is 37.4 Å². The maximum Gasteiger partial charge on any atom is 0.232 e. The molecule has 2 aromatic rings. The lowest BCUT2D eigenvalue weighted by atomic mass is 9.97. The van der Waals surface area contributed by atoms with E-state index in [0.29, 0.717) is 17.6 Å². The predicted molar refractivity (Wildman–Crippen MR) is 102 cm³/mol. The van der Waals surface area contributed by atoms with Crippen LogP contribution in [0.25, 0.3) is 0 Å². The second-order valence-corrected chi connectivity index (χ2v) is 8.78. The molecule has 4 rings (SSSR count). The number of thioether (sulfide) groups is 1. The van der Waals surface area contributed by atoms with Crippen molar-refractivity contribution in [3.8, 4) is 0 Å². The highest BCUT2D eigenvalue weighted by atomic mass is 32.2. The quantitative estimate of drug-likeness (QED) is 0.744. The zero-order chi connectivity index (χ0) is 17.1. The highest BCUT2D eigenvalue weighted by molar-refractivity contribution is 7.99. The maximum atomic E-state index is 12.5. The van der Waals surface area contributed by atoms with E-state index >= 15 is 0 Å². The summed E-state index contributed by atoms with van der Waals surface area (Å²) >= 11 is 3.43. The number of carbonyl (C=O) groups excluding carboxylic acids is 1. The Morgan fingerprint density at radius 2 is 2.24 bits per heavy atom. The van der Waals surface area contributed by atoms with E-state index in [1.807, 2.05) is 29.7 Å². The Morgan fingerprint density at radius 3 is 3.04 bits per heavy atom. The summed E-state index contributed by atoms with van der Waals surface area (Å²) < 4.78 is 2.19. The van der Waals surface area contributed by atoms with E-state index in [2.05, 4.69) is 24.8 Å². The number of imidazole rings is 1. The number of aromatic nitrogens is 3. The van der Waals surface area contributed by atoms with Crippen LogP contribution in [0.2, 0.25) is 0 Å². The lowest BCUT2D eigenvalue weighted by Gasteiger charge is -2.32. The van der Waals surface area contributed by atoms with Crippen LogP contribution in [-0.4, -0.2) is 49.9 Å². The summed E-state index contributed by atoms with van der Waals surface area (Å²) in [6, 6.07) is 0. The summed E-state index contributed by atoms with van der Waals surface area (Å²) in [6.07, 6.45) is 8.78. The molecule has 134 valence electrons. The molecule has 25 heavy (non-hydrogen) atoms. The molecule has 0 spiro atoms. The molecule has 2 aliphatic rings. The van der Waals surface area contributed by atoms with E-state index in [-0.39, 0.29) is 0 Å². The second-order valence-electron chi connectivity index (χ2n) is 7.03. The van der Waals surface area contributed by atoms with Crippen molar-refractivity contribution in [1.29, 1.82) is 0 Å². The smallest absolute Gasteiger partial charge is 0.232 e. The topological polar surface area (TPSA) is 51.0 Å². The van der Waals surface area contributed by atoms with E-state index in [4.69, 9.17) is 0 Å².